The molecule has 0 spiro atoms. The molecule has 0 aliphatic rings. The van der Waals surface area contributed by atoms with Crippen LogP contribution in [0.3, 0.4) is 0 Å². The molecule has 0 heterocycles. The van der Waals surface area contributed by atoms with Crippen molar-refractivity contribution in [1.29, 1.82) is 0 Å². The highest BCUT2D eigenvalue weighted by Gasteiger charge is 2.16. The number of unbranched alkanes of at least 4 members (excludes halogenated alkanes) is 23. The number of carbonyl (C=O) groups is 2. The van der Waals surface area contributed by atoms with Gasteiger partial charge in [-0.2, -0.15) is 0 Å². The number of aliphatic hydroxyl groups excluding tert-OH is 1. The first-order chi connectivity index (χ1) is 38.6. The second-order valence-electron chi connectivity index (χ2n) is 20.7. The minimum absolute atomic E-state index is 0.0866. The molecule has 0 saturated carbocycles. The van der Waals surface area contributed by atoms with Gasteiger partial charge in [0.2, 0.25) is 0 Å². The molecule has 1 N–H and O–H groups in total. The number of ether oxygens (including phenoxy) is 2. The molecule has 0 bridgehead atoms. The van der Waals surface area contributed by atoms with E-state index in [4.69, 9.17) is 9.47 Å². The minimum Gasteiger partial charge on any atom is -0.462 e. The monoisotopic (exact) mass is 1070 g/mol. The third-order valence-electron chi connectivity index (χ3n) is 13.3. The molecule has 0 aromatic heterocycles. The highest BCUT2D eigenvalue weighted by molar-refractivity contribution is 5.70. The lowest BCUT2D eigenvalue weighted by atomic mass is 10.0. The topological polar surface area (TPSA) is 72.8 Å². The van der Waals surface area contributed by atoms with Crippen LogP contribution in [0, 0.1) is 0 Å². The summed E-state index contributed by atoms with van der Waals surface area (Å²) in [4.78, 5) is 24.6. The van der Waals surface area contributed by atoms with Crippen molar-refractivity contribution in [3.63, 3.8) is 0 Å². The van der Waals surface area contributed by atoms with Gasteiger partial charge in [0.15, 0.2) is 6.10 Å². The van der Waals surface area contributed by atoms with Crippen molar-refractivity contribution in [3.05, 3.63) is 158 Å². The Kier molecular flexibility index (Phi) is 63.0. The third-order valence-corrected chi connectivity index (χ3v) is 13.3. The zero-order chi connectivity index (χ0) is 56.2. The molecule has 0 rings (SSSR count). The molecular formula is C73H118O5. The highest BCUT2D eigenvalue weighted by atomic mass is 16.6. The number of rotatable bonds is 57. The van der Waals surface area contributed by atoms with E-state index in [1.807, 2.05) is 0 Å². The van der Waals surface area contributed by atoms with Gasteiger partial charge < -0.3 is 14.6 Å². The van der Waals surface area contributed by atoms with Gasteiger partial charge in [-0.15, -0.1) is 0 Å². The van der Waals surface area contributed by atoms with Crippen LogP contribution < -0.4 is 0 Å². The quantitative estimate of drug-likeness (QED) is 0.0373. The predicted octanol–water partition coefficient (Wildman–Crippen LogP) is 22.3. The van der Waals surface area contributed by atoms with Crippen LogP contribution in [-0.2, 0) is 19.1 Å². The van der Waals surface area contributed by atoms with Gasteiger partial charge in [0.05, 0.1) is 6.61 Å². The molecule has 5 nitrogen and oxygen atoms in total. The summed E-state index contributed by atoms with van der Waals surface area (Å²) in [6, 6.07) is 0. The average Bonchev–Trinajstić information content (AvgIpc) is 3.44. The normalized spacial score (nSPS) is 13.3. The molecule has 1 unspecified atom stereocenters. The average molecular weight is 1080 g/mol. The van der Waals surface area contributed by atoms with E-state index in [1.54, 1.807) is 0 Å². The van der Waals surface area contributed by atoms with Crippen molar-refractivity contribution in [1.82, 2.24) is 0 Å². The van der Waals surface area contributed by atoms with Crippen LogP contribution in [0.2, 0.25) is 0 Å². The van der Waals surface area contributed by atoms with Crippen LogP contribution >= 0.6 is 0 Å². The summed E-state index contributed by atoms with van der Waals surface area (Å²) in [5, 5.41) is 9.67. The van der Waals surface area contributed by atoms with E-state index in [1.165, 1.54) is 116 Å². The number of aliphatic hydroxyl groups is 1. The van der Waals surface area contributed by atoms with Crippen LogP contribution in [0.1, 0.15) is 271 Å². The Morgan fingerprint density at radius 3 is 0.782 bits per heavy atom. The van der Waals surface area contributed by atoms with Crippen LogP contribution in [0.15, 0.2) is 158 Å². The third kappa shape index (κ3) is 64.0. The number of carbonyl (C=O) groups excluding carboxylic acids is 2. The van der Waals surface area contributed by atoms with Crippen molar-refractivity contribution in [2.45, 2.75) is 277 Å². The van der Waals surface area contributed by atoms with Crippen molar-refractivity contribution in [2.24, 2.45) is 0 Å². The molecular weight excluding hydrogens is 957 g/mol. The lowest BCUT2D eigenvalue weighted by Gasteiger charge is -2.15. The second-order valence-corrected chi connectivity index (χ2v) is 20.7. The molecule has 0 aromatic rings. The van der Waals surface area contributed by atoms with E-state index in [9.17, 15) is 14.7 Å². The van der Waals surface area contributed by atoms with Crippen molar-refractivity contribution in [2.75, 3.05) is 13.2 Å². The maximum absolute atomic E-state index is 12.3. The maximum atomic E-state index is 12.3. The van der Waals surface area contributed by atoms with E-state index in [0.717, 1.165) is 128 Å². The first-order valence-corrected chi connectivity index (χ1v) is 32.0. The molecule has 0 aliphatic heterocycles. The van der Waals surface area contributed by atoms with Gasteiger partial charge in [0.25, 0.3) is 0 Å². The van der Waals surface area contributed by atoms with Gasteiger partial charge >= 0.3 is 11.9 Å². The molecule has 78 heavy (non-hydrogen) atoms. The van der Waals surface area contributed by atoms with Crippen LogP contribution in [0.25, 0.3) is 0 Å². The summed E-state index contributed by atoms with van der Waals surface area (Å²) in [6.45, 7) is 3.89. The summed E-state index contributed by atoms with van der Waals surface area (Å²) >= 11 is 0. The number of hydrogen-bond acceptors (Lipinski definition) is 5. The fraction of sp³-hybridized carbons (Fsp3) is 0.616. The Hall–Kier alpha value is -4.48. The molecule has 0 aliphatic carbocycles. The standard InChI is InChI=1S/C73H118O5/c1-3-5-7-9-11-13-15-17-19-21-23-25-27-29-30-31-32-33-34-35-36-37-38-39-40-41-42-44-45-47-49-51-53-55-57-59-61-63-65-67-72(75)77-70-71(69-74)78-73(76)68-66-64-62-60-58-56-54-52-50-48-46-43-28-26-24-22-20-18-16-14-12-10-8-6-4-2/h5-8,11-14,17-20,23-26,29-30,32-33,43,46,50,52,56,58,71,74H,3-4,9-10,15-16,21-22,27-28,31,34-42,44-45,47-49,51,53-55,57,59-70H2,1-2H3/b7-5-,8-6-,13-11-,14-12-,19-17-,20-18-,25-23-,26-24-,30-29-,33-32-,46-43-,52-50-,58-56-. The smallest absolute Gasteiger partial charge is 0.306 e. The zero-order valence-electron chi connectivity index (χ0n) is 50.4. The Morgan fingerprint density at radius 1 is 0.295 bits per heavy atom. The molecule has 0 radical (unpaired) electrons. The lowest BCUT2D eigenvalue weighted by Crippen LogP contribution is -2.28. The van der Waals surface area contributed by atoms with E-state index in [2.05, 4.69) is 172 Å². The Morgan fingerprint density at radius 2 is 0.513 bits per heavy atom. The molecule has 440 valence electrons. The SMILES string of the molecule is CC/C=C\C/C=C\C/C=C\C/C=C\C/C=C\C/C=C\C/C=C\CCCCCC(=O)OC(CO)COC(=O)CCCCCCCCCCCCCCCCCCCCCC/C=C\C/C=C\C/C=C\C/C=C\C/C=C\C/C=C\CC. The molecule has 0 fully saturated rings. The molecule has 0 saturated heterocycles. The first kappa shape index (κ1) is 73.5. The van der Waals surface area contributed by atoms with E-state index in [0.29, 0.717) is 12.8 Å². The van der Waals surface area contributed by atoms with Gasteiger partial charge in [-0.3, -0.25) is 9.59 Å². The molecule has 0 aromatic carbocycles. The second kappa shape index (κ2) is 66.8. The fourth-order valence-electron chi connectivity index (χ4n) is 8.60. The van der Waals surface area contributed by atoms with E-state index >= 15 is 0 Å². The zero-order valence-corrected chi connectivity index (χ0v) is 50.4. The fourth-order valence-corrected chi connectivity index (χ4v) is 8.60. The van der Waals surface area contributed by atoms with E-state index in [-0.39, 0.29) is 25.2 Å². The summed E-state index contributed by atoms with van der Waals surface area (Å²) < 4.78 is 10.7. The largest absolute Gasteiger partial charge is 0.462 e. The van der Waals surface area contributed by atoms with Crippen molar-refractivity contribution in [3.8, 4) is 0 Å². The summed E-state index contributed by atoms with van der Waals surface area (Å²) in [5.41, 5.74) is 0. The van der Waals surface area contributed by atoms with Gasteiger partial charge in [-0.05, 0) is 122 Å². The van der Waals surface area contributed by atoms with Crippen LogP contribution in [0.4, 0.5) is 0 Å². The van der Waals surface area contributed by atoms with Crippen LogP contribution in [0.5, 0.6) is 0 Å². The number of hydrogen-bond donors (Lipinski definition) is 1. The maximum Gasteiger partial charge on any atom is 0.306 e. The van der Waals surface area contributed by atoms with Crippen LogP contribution in [-0.4, -0.2) is 36.4 Å². The number of allylic oxidation sites excluding steroid dienone is 26. The van der Waals surface area contributed by atoms with E-state index < -0.39 is 6.10 Å². The van der Waals surface area contributed by atoms with Crippen molar-refractivity contribution < 1.29 is 24.2 Å². The summed E-state index contributed by atoms with van der Waals surface area (Å²) in [6.07, 6.45) is 102. The highest BCUT2D eigenvalue weighted by Crippen LogP contribution is 2.16. The Bertz CT molecular complexity index is 1690. The van der Waals surface area contributed by atoms with Gasteiger partial charge in [-0.1, -0.05) is 294 Å². The Balaban J connectivity index is 3.53. The van der Waals surface area contributed by atoms with Gasteiger partial charge in [0.1, 0.15) is 6.61 Å². The molecule has 5 heteroatoms. The first-order valence-electron chi connectivity index (χ1n) is 32.0. The predicted molar refractivity (Wildman–Crippen MR) is 343 cm³/mol. The molecule has 0 amide bonds. The minimum atomic E-state index is -0.801. The number of esters is 2. The lowest BCUT2D eigenvalue weighted by molar-refractivity contribution is -0.161. The molecule has 1 atom stereocenters. The van der Waals surface area contributed by atoms with Gasteiger partial charge in [-0.25, -0.2) is 0 Å². The van der Waals surface area contributed by atoms with Gasteiger partial charge in [0, 0.05) is 12.8 Å². The Labute approximate surface area is 481 Å². The van der Waals surface area contributed by atoms with Crippen molar-refractivity contribution >= 4 is 11.9 Å². The summed E-state index contributed by atoms with van der Waals surface area (Å²) in [7, 11) is 0. The summed E-state index contributed by atoms with van der Waals surface area (Å²) in [5.74, 6) is -0.631.